The van der Waals surface area contributed by atoms with Crippen LogP contribution in [0.2, 0.25) is 0 Å². The lowest BCUT2D eigenvalue weighted by molar-refractivity contribution is 0.0696. The van der Waals surface area contributed by atoms with Gasteiger partial charge in [0.25, 0.3) is 5.91 Å². The second kappa shape index (κ2) is 9.68. The minimum absolute atomic E-state index is 0.108. The lowest BCUT2D eigenvalue weighted by Gasteiger charge is -2.17. The van der Waals surface area contributed by atoms with Crippen LogP contribution in [0, 0.1) is 5.82 Å². The molecule has 0 radical (unpaired) electrons. The number of imidazole rings is 1. The van der Waals surface area contributed by atoms with Gasteiger partial charge in [0.05, 0.1) is 21.5 Å². The Balaban J connectivity index is 1.51. The standard InChI is InChI=1S/C24H25FN4O3S/c1-3-28(4-2)11-5-10-26-22(30)15-7-9-20-21(13-15)33-24-27-19(14-29(20)24)17-8-6-16(23(31)32)12-18(17)25/h6-9,12-14H,3-5,10-11H2,1-2H3,(H,26,30)(H,31,32). The van der Waals surface area contributed by atoms with Crippen molar-refractivity contribution in [3.05, 3.63) is 59.5 Å². The largest absolute Gasteiger partial charge is 0.478 e. The summed E-state index contributed by atoms with van der Waals surface area (Å²) in [7, 11) is 0. The number of rotatable bonds is 9. The van der Waals surface area contributed by atoms with Gasteiger partial charge in [-0.2, -0.15) is 0 Å². The lowest BCUT2D eigenvalue weighted by Crippen LogP contribution is -2.29. The van der Waals surface area contributed by atoms with E-state index >= 15 is 0 Å². The summed E-state index contributed by atoms with van der Waals surface area (Å²) in [6.07, 6.45) is 2.62. The zero-order chi connectivity index (χ0) is 23.5. The number of carboxylic acid groups (broad SMARTS) is 1. The van der Waals surface area contributed by atoms with Crippen molar-refractivity contribution in [1.29, 1.82) is 0 Å². The minimum Gasteiger partial charge on any atom is -0.478 e. The number of hydrogen-bond donors (Lipinski definition) is 2. The Morgan fingerprint density at radius 1 is 1.15 bits per heavy atom. The molecule has 2 aromatic heterocycles. The molecule has 1 amide bonds. The zero-order valence-corrected chi connectivity index (χ0v) is 19.3. The van der Waals surface area contributed by atoms with Crippen LogP contribution in [-0.4, -0.2) is 57.4 Å². The summed E-state index contributed by atoms with van der Waals surface area (Å²) in [5.41, 5.74) is 2.01. The Kier molecular flexibility index (Phi) is 6.71. The molecule has 172 valence electrons. The molecule has 2 heterocycles. The molecule has 7 nitrogen and oxygen atoms in total. The smallest absolute Gasteiger partial charge is 0.335 e. The molecule has 0 saturated carbocycles. The average molecular weight is 469 g/mol. The van der Waals surface area contributed by atoms with Gasteiger partial charge in [0, 0.05) is 23.9 Å². The maximum Gasteiger partial charge on any atom is 0.335 e. The summed E-state index contributed by atoms with van der Waals surface area (Å²) in [5.74, 6) is -1.92. The van der Waals surface area contributed by atoms with E-state index in [9.17, 15) is 14.0 Å². The quantitative estimate of drug-likeness (QED) is 0.353. The van der Waals surface area contributed by atoms with Crippen LogP contribution >= 0.6 is 11.3 Å². The van der Waals surface area contributed by atoms with E-state index in [0.717, 1.165) is 42.3 Å². The summed E-state index contributed by atoms with van der Waals surface area (Å²) >= 11 is 1.41. The third-order valence-corrected chi connectivity index (χ3v) is 6.70. The Bertz CT molecular complexity index is 1330. The second-order valence-corrected chi connectivity index (χ2v) is 8.71. The lowest BCUT2D eigenvalue weighted by atomic mass is 10.1. The van der Waals surface area contributed by atoms with Crippen LogP contribution in [0.3, 0.4) is 0 Å². The molecule has 0 aliphatic rings. The highest BCUT2D eigenvalue weighted by Gasteiger charge is 2.16. The van der Waals surface area contributed by atoms with Crippen molar-refractivity contribution < 1.29 is 19.1 Å². The number of fused-ring (bicyclic) bond motifs is 3. The number of thiazole rings is 1. The van der Waals surface area contributed by atoms with Gasteiger partial charge in [-0.1, -0.05) is 25.2 Å². The van der Waals surface area contributed by atoms with Crippen LogP contribution in [0.4, 0.5) is 4.39 Å². The van der Waals surface area contributed by atoms with E-state index in [-0.39, 0.29) is 17.0 Å². The van der Waals surface area contributed by atoms with Crippen molar-refractivity contribution in [2.75, 3.05) is 26.2 Å². The maximum absolute atomic E-state index is 14.4. The van der Waals surface area contributed by atoms with Crippen LogP contribution < -0.4 is 5.32 Å². The molecule has 33 heavy (non-hydrogen) atoms. The van der Waals surface area contributed by atoms with E-state index in [4.69, 9.17) is 5.11 Å². The van der Waals surface area contributed by atoms with Gasteiger partial charge in [0.15, 0.2) is 4.96 Å². The summed E-state index contributed by atoms with van der Waals surface area (Å²) < 4.78 is 17.2. The molecule has 0 unspecified atom stereocenters. The van der Waals surface area contributed by atoms with Gasteiger partial charge in [-0.15, -0.1) is 0 Å². The van der Waals surface area contributed by atoms with Crippen LogP contribution in [0.5, 0.6) is 0 Å². The molecule has 2 aromatic carbocycles. The number of hydrogen-bond acceptors (Lipinski definition) is 5. The second-order valence-electron chi connectivity index (χ2n) is 7.70. The van der Waals surface area contributed by atoms with Gasteiger partial charge in [-0.3, -0.25) is 9.20 Å². The molecule has 0 aliphatic carbocycles. The summed E-state index contributed by atoms with van der Waals surface area (Å²) in [6, 6.07) is 9.26. The first-order chi connectivity index (χ1) is 15.9. The molecular formula is C24H25FN4O3S. The molecule has 0 atom stereocenters. The van der Waals surface area contributed by atoms with Crippen molar-refractivity contribution in [2.45, 2.75) is 20.3 Å². The van der Waals surface area contributed by atoms with E-state index in [1.807, 2.05) is 16.5 Å². The highest BCUT2D eigenvalue weighted by Crippen LogP contribution is 2.31. The third kappa shape index (κ3) is 4.74. The van der Waals surface area contributed by atoms with E-state index in [1.54, 1.807) is 12.3 Å². The highest BCUT2D eigenvalue weighted by molar-refractivity contribution is 7.23. The number of nitrogens with one attached hydrogen (secondary N) is 1. The molecule has 0 aliphatic heterocycles. The molecule has 9 heteroatoms. The SMILES string of the molecule is CCN(CC)CCCNC(=O)c1ccc2c(c1)sc1nc(-c3ccc(C(=O)O)cc3F)cn12. The monoisotopic (exact) mass is 468 g/mol. The van der Waals surface area contributed by atoms with E-state index in [0.29, 0.717) is 22.8 Å². The van der Waals surface area contributed by atoms with Crippen molar-refractivity contribution in [3.63, 3.8) is 0 Å². The number of carbonyl (C=O) groups excluding carboxylic acids is 1. The average Bonchev–Trinajstić information content (AvgIpc) is 3.36. The molecule has 4 aromatic rings. The number of amides is 1. The molecule has 0 saturated heterocycles. The highest BCUT2D eigenvalue weighted by atomic mass is 32.1. The van der Waals surface area contributed by atoms with Crippen molar-refractivity contribution in [3.8, 4) is 11.3 Å². The van der Waals surface area contributed by atoms with Gasteiger partial charge >= 0.3 is 5.97 Å². The first-order valence-corrected chi connectivity index (χ1v) is 11.7. The summed E-state index contributed by atoms with van der Waals surface area (Å²) in [4.78, 5) is 31.1. The number of aromatic carboxylic acids is 1. The third-order valence-electron chi connectivity index (χ3n) is 5.68. The van der Waals surface area contributed by atoms with E-state index in [2.05, 4.69) is 29.0 Å². The number of carboxylic acids is 1. The molecular weight excluding hydrogens is 443 g/mol. The molecule has 4 rings (SSSR count). The summed E-state index contributed by atoms with van der Waals surface area (Å²) in [5, 5.41) is 12.0. The van der Waals surface area contributed by atoms with Crippen molar-refractivity contribution >= 4 is 38.4 Å². The summed E-state index contributed by atoms with van der Waals surface area (Å²) in [6.45, 7) is 7.84. The van der Waals surface area contributed by atoms with Gasteiger partial charge in [-0.25, -0.2) is 14.2 Å². The number of benzene rings is 2. The Morgan fingerprint density at radius 3 is 2.61 bits per heavy atom. The number of carbonyl (C=O) groups is 2. The van der Waals surface area contributed by atoms with Crippen molar-refractivity contribution in [1.82, 2.24) is 19.6 Å². The van der Waals surface area contributed by atoms with E-state index in [1.165, 1.54) is 23.5 Å². The van der Waals surface area contributed by atoms with Gasteiger partial charge in [0.2, 0.25) is 0 Å². The fourth-order valence-corrected chi connectivity index (χ4v) is 4.82. The predicted molar refractivity (Wildman–Crippen MR) is 128 cm³/mol. The molecule has 0 fully saturated rings. The zero-order valence-electron chi connectivity index (χ0n) is 18.5. The topological polar surface area (TPSA) is 86.9 Å². The van der Waals surface area contributed by atoms with E-state index < -0.39 is 11.8 Å². The number of halogens is 1. The first-order valence-electron chi connectivity index (χ1n) is 10.9. The fraction of sp³-hybridized carbons (Fsp3) is 0.292. The van der Waals surface area contributed by atoms with Gasteiger partial charge in [0.1, 0.15) is 5.82 Å². The van der Waals surface area contributed by atoms with Crippen LogP contribution in [-0.2, 0) is 0 Å². The number of nitrogens with zero attached hydrogens (tertiary/aromatic N) is 3. The van der Waals surface area contributed by atoms with Gasteiger partial charge < -0.3 is 15.3 Å². The molecule has 0 spiro atoms. The van der Waals surface area contributed by atoms with Crippen LogP contribution in [0.1, 0.15) is 41.0 Å². The van der Waals surface area contributed by atoms with Crippen molar-refractivity contribution in [2.24, 2.45) is 0 Å². The van der Waals surface area contributed by atoms with Gasteiger partial charge in [-0.05, 0) is 62.5 Å². The Morgan fingerprint density at radius 2 is 1.91 bits per heavy atom. The normalized spacial score (nSPS) is 11.5. The van der Waals surface area contributed by atoms with Crippen LogP contribution in [0.15, 0.2) is 42.6 Å². The Labute approximate surface area is 194 Å². The Hall–Kier alpha value is -3.30. The minimum atomic E-state index is -1.18. The maximum atomic E-state index is 14.4. The fourth-order valence-electron chi connectivity index (χ4n) is 3.77. The molecule has 0 bridgehead atoms. The van der Waals surface area contributed by atoms with Crippen LogP contribution in [0.25, 0.3) is 26.4 Å². The molecule has 2 N–H and O–H groups in total. The predicted octanol–water partition coefficient (Wildman–Crippen LogP) is 4.52. The first kappa shape index (κ1) is 22.9. The number of aromatic nitrogens is 2.